The topological polar surface area (TPSA) is 12.5 Å². The van der Waals surface area contributed by atoms with Gasteiger partial charge in [-0.25, -0.2) is 0 Å². The Balaban J connectivity index is 2.75. The SMILES string of the molecule is CCC(CC)N(CCCl)Cc1cccc(OC)c1. The molecule has 0 amide bonds. The molecule has 0 spiro atoms. The van der Waals surface area contributed by atoms with Crippen LogP contribution in [0.5, 0.6) is 5.75 Å². The Morgan fingerprint density at radius 2 is 2.00 bits per heavy atom. The standard InChI is InChI=1S/C15H24ClNO/c1-4-14(5-2)17(10-9-16)12-13-7-6-8-15(11-13)18-3/h6-8,11,14H,4-5,9-10,12H2,1-3H3. The zero-order valence-electron chi connectivity index (χ0n) is 11.7. The van der Waals surface area contributed by atoms with Crippen LogP contribution in [0.15, 0.2) is 24.3 Å². The Morgan fingerprint density at radius 3 is 2.56 bits per heavy atom. The fourth-order valence-electron chi connectivity index (χ4n) is 2.31. The normalized spacial score (nSPS) is 11.2. The van der Waals surface area contributed by atoms with Crippen molar-refractivity contribution in [2.24, 2.45) is 0 Å². The van der Waals surface area contributed by atoms with Gasteiger partial charge in [0.15, 0.2) is 0 Å². The molecule has 18 heavy (non-hydrogen) atoms. The zero-order chi connectivity index (χ0) is 13.4. The van der Waals surface area contributed by atoms with E-state index in [2.05, 4.69) is 30.9 Å². The number of nitrogens with zero attached hydrogens (tertiary/aromatic N) is 1. The third-order valence-corrected chi connectivity index (χ3v) is 3.52. The van der Waals surface area contributed by atoms with Gasteiger partial charge in [0.2, 0.25) is 0 Å². The summed E-state index contributed by atoms with van der Waals surface area (Å²) in [6.07, 6.45) is 2.33. The highest BCUT2D eigenvalue weighted by Crippen LogP contribution is 2.17. The Bertz CT molecular complexity index is 339. The highest BCUT2D eigenvalue weighted by Gasteiger charge is 2.14. The number of alkyl halides is 1. The van der Waals surface area contributed by atoms with E-state index in [1.165, 1.54) is 5.56 Å². The maximum absolute atomic E-state index is 5.91. The summed E-state index contributed by atoms with van der Waals surface area (Å²) in [5, 5.41) is 0. The third kappa shape index (κ3) is 4.51. The summed E-state index contributed by atoms with van der Waals surface area (Å²) in [5.41, 5.74) is 1.28. The second-order valence-electron chi connectivity index (χ2n) is 4.48. The van der Waals surface area contributed by atoms with E-state index in [9.17, 15) is 0 Å². The Kier molecular flexibility index (Phi) is 7.14. The number of hydrogen-bond donors (Lipinski definition) is 0. The molecule has 0 aromatic heterocycles. The molecule has 0 unspecified atom stereocenters. The van der Waals surface area contributed by atoms with Crippen molar-refractivity contribution in [2.45, 2.75) is 39.3 Å². The molecule has 1 aromatic carbocycles. The Hall–Kier alpha value is -0.730. The number of ether oxygens (including phenoxy) is 1. The molecule has 1 aromatic rings. The average Bonchev–Trinajstić information content (AvgIpc) is 2.40. The molecule has 0 heterocycles. The molecule has 0 fully saturated rings. The lowest BCUT2D eigenvalue weighted by molar-refractivity contribution is 0.188. The molecular formula is C15H24ClNO. The van der Waals surface area contributed by atoms with Crippen LogP contribution in [0, 0.1) is 0 Å². The molecule has 3 heteroatoms. The number of methoxy groups -OCH3 is 1. The van der Waals surface area contributed by atoms with Crippen molar-refractivity contribution in [3.63, 3.8) is 0 Å². The van der Waals surface area contributed by atoms with Crippen molar-refractivity contribution < 1.29 is 4.74 Å². The van der Waals surface area contributed by atoms with E-state index in [0.29, 0.717) is 11.9 Å². The van der Waals surface area contributed by atoms with Crippen LogP contribution in [0.4, 0.5) is 0 Å². The summed E-state index contributed by atoms with van der Waals surface area (Å²) in [7, 11) is 1.70. The minimum absolute atomic E-state index is 0.606. The van der Waals surface area contributed by atoms with Crippen LogP contribution in [0.3, 0.4) is 0 Å². The first-order chi connectivity index (χ1) is 8.74. The highest BCUT2D eigenvalue weighted by molar-refractivity contribution is 6.18. The summed E-state index contributed by atoms with van der Waals surface area (Å²) >= 11 is 5.91. The lowest BCUT2D eigenvalue weighted by atomic mass is 10.1. The van der Waals surface area contributed by atoms with E-state index >= 15 is 0 Å². The molecule has 1 rings (SSSR count). The largest absolute Gasteiger partial charge is 0.497 e. The summed E-state index contributed by atoms with van der Waals surface area (Å²) in [4.78, 5) is 2.46. The first-order valence-electron chi connectivity index (χ1n) is 6.68. The van der Waals surface area contributed by atoms with Gasteiger partial charge >= 0.3 is 0 Å². The van der Waals surface area contributed by atoms with Crippen LogP contribution < -0.4 is 4.74 Å². The van der Waals surface area contributed by atoms with E-state index in [0.717, 1.165) is 31.7 Å². The molecule has 0 aliphatic carbocycles. The maximum atomic E-state index is 5.91. The van der Waals surface area contributed by atoms with Crippen molar-refractivity contribution in [1.29, 1.82) is 0 Å². The molecule has 2 nitrogen and oxygen atoms in total. The average molecular weight is 270 g/mol. The summed E-state index contributed by atoms with van der Waals surface area (Å²) in [6, 6.07) is 8.87. The van der Waals surface area contributed by atoms with Crippen LogP contribution in [-0.2, 0) is 6.54 Å². The first kappa shape index (κ1) is 15.3. The van der Waals surface area contributed by atoms with E-state index < -0.39 is 0 Å². The van der Waals surface area contributed by atoms with Gasteiger partial charge in [0.25, 0.3) is 0 Å². The van der Waals surface area contributed by atoms with Gasteiger partial charge in [-0.2, -0.15) is 0 Å². The van der Waals surface area contributed by atoms with Gasteiger partial charge in [0, 0.05) is 25.0 Å². The van der Waals surface area contributed by atoms with Gasteiger partial charge in [-0.3, -0.25) is 4.90 Å². The fraction of sp³-hybridized carbons (Fsp3) is 0.600. The third-order valence-electron chi connectivity index (χ3n) is 3.35. The Labute approximate surface area is 116 Å². The van der Waals surface area contributed by atoms with Crippen molar-refractivity contribution in [1.82, 2.24) is 4.90 Å². The van der Waals surface area contributed by atoms with Crippen molar-refractivity contribution in [3.8, 4) is 5.75 Å². The van der Waals surface area contributed by atoms with Gasteiger partial charge in [0.1, 0.15) is 5.75 Å². The van der Waals surface area contributed by atoms with Crippen LogP contribution in [-0.4, -0.2) is 30.5 Å². The second-order valence-corrected chi connectivity index (χ2v) is 4.86. The molecular weight excluding hydrogens is 246 g/mol. The fourth-order valence-corrected chi connectivity index (χ4v) is 2.53. The molecule has 0 saturated heterocycles. The van der Waals surface area contributed by atoms with Crippen LogP contribution in [0.2, 0.25) is 0 Å². The van der Waals surface area contributed by atoms with E-state index in [1.54, 1.807) is 7.11 Å². The highest BCUT2D eigenvalue weighted by atomic mass is 35.5. The maximum Gasteiger partial charge on any atom is 0.119 e. The predicted octanol–water partition coefficient (Wildman–Crippen LogP) is 3.92. The van der Waals surface area contributed by atoms with Gasteiger partial charge in [-0.1, -0.05) is 26.0 Å². The molecule has 0 aliphatic rings. The smallest absolute Gasteiger partial charge is 0.119 e. The van der Waals surface area contributed by atoms with Crippen LogP contribution >= 0.6 is 11.6 Å². The van der Waals surface area contributed by atoms with E-state index in [4.69, 9.17) is 16.3 Å². The number of hydrogen-bond acceptors (Lipinski definition) is 2. The summed E-state index contributed by atoms with van der Waals surface area (Å²) in [6.45, 7) is 6.35. The van der Waals surface area contributed by atoms with Crippen molar-refractivity contribution >= 4 is 11.6 Å². The van der Waals surface area contributed by atoms with Crippen LogP contribution in [0.25, 0.3) is 0 Å². The zero-order valence-corrected chi connectivity index (χ0v) is 12.4. The number of halogens is 1. The van der Waals surface area contributed by atoms with Crippen molar-refractivity contribution in [2.75, 3.05) is 19.5 Å². The van der Waals surface area contributed by atoms with Crippen molar-refractivity contribution in [3.05, 3.63) is 29.8 Å². The molecule has 0 N–H and O–H groups in total. The number of benzene rings is 1. The molecule has 0 atom stereocenters. The van der Waals surface area contributed by atoms with Gasteiger partial charge in [-0.05, 0) is 30.5 Å². The molecule has 0 bridgehead atoms. The van der Waals surface area contributed by atoms with Crippen LogP contribution in [0.1, 0.15) is 32.3 Å². The van der Waals surface area contributed by atoms with E-state index in [1.807, 2.05) is 12.1 Å². The number of rotatable bonds is 8. The quantitative estimate of drug-likeness (QED) is 0.663. The minimum atomic E-state index is 0.606. The lowest BCUT2D eigenvalue weighted by Crippen LogP contribution is -2.35. The predicted molar refractivity (Wildman–Crippen MR) is 78.5 cm³/mol. The van der Waals surface area contributed by atoms with Gasteiger partial charge < -0.3 is 4.74 Å². The molecule has 102 valence electrons. The van der Waals surface area contributed by atoms with Gasteiger partial charge in [-0.15, -0.1) is 11.6 Å². The van der Waals surface area contributed by atoms with E-state index in [-0.39, 0.29) is 0 Å². The molecule has 0 saturated carbocycles. The second kappa shape index (κ2) is 8.39. The summed E-state index contributed by atoms with van der Waals surface area (Å²) in [5.74, 6) is 1.60. The van der Waals surface area contributed by atoms with Gasteiger partial charge in [0.05, 0.1) is 7.11 Å². The molecule has 0 aliphatic heterocycles. The monoisotopic (exact) mass is 269 g/mol. The minimum Gasteiger partial charge on any atom is -0.497 e. The molecule has 0 radical (unpaired) electrons. The Morgan fingerprint density at radius 1 is 1.28 bits per heavy atom. The first-order valence-corrected chi connectivity index (χ1v) is 7.21. The summed E-state index contributed by atoms with van der Waals surface area (Å²) < 4.78 is 5.26. The lowest BCUT2D eigenvalue weighted by Gasteiger charge is -2.29.